The van der Waals surface area contributed by atoms with Crippen molar-refractivity contribution in [2.75, 3.05) is 5.32 Å². The van der Waals surface area contributed by atoms with Gasteiger partial charge in [0.05, 0.1) is 23.4 Å². The van der Waals surface area contributed by atoms with Gasteiger partial charge in [-0.05, 0) is 41.1 Å². The zero-order valence-corrected chi connectivity index (χ0v) is 12.0. The second-order valence-corrected chi connectivity index (χ2v) is 4.82. The molecule has 1 aromatic carbocycles. The molecule has 106 valence electrons. The van der Waals surface area contributed by atoms with Gasteiger partial charge in [-0.3, -0.25) is 0 Å². The fourth-order valence-electron chi connectivity index (χ4n) is 1.37. The molecule has 2 amide bonds. The molecule has 0 saturated carbocycles. The van der Waals surface area contributed by atoms with Crippen molar-refractivity contribution in [1.82, 2.24) is 5.32 Å². The van der Waals surface area contributed by atoms with Crippen LogP contribution in [0, 0.1) is 11.3 Å². The number of hydrogen-bond donors (Lipinski definition) is 4. The van der Waals surface area contributed by atoms with Crippen LogP contribution in [-0.2, 0) is 4.79 Å². The summed E-state index contributed by atoms with van der Waals surface area (Å²) >= 11 is 3.18. The number of aliphatic carboxylic acids is 1. The fourth-order valence-corrected chi connectivity index (χ4v) is 1.85. The predicted octanol–water partition coefficient (Wildman–Crippen LogP) is 1.28. The van der Waals surface area contributed by atoms with Crippen molar-refractivity contribution in [1.29, 1.82) is 5.26 Å². The number of carbonyl (C=O) groups excluding carboxylic acids is 1. The Labute approximate surface area is 123 Å². The number of hydrogen-bond acceptors (Lipinski definition) is 4. The van der Waals surface area contributed by atoms with Gasteiger partial charge in [0.25, 0.3) is 0 Å². The number of carboxylic acids is 1. The Morgan fingerprint density at radius 1 is 1.45 bits per heavy atom. The minimum atomic E-state index is -1.41. The first-order chi connectivity index (χ1) is 9.35. The Kier molecular flexibility index (Phi) is 5.49. The monoisotopic (exact) mass is 341 g/mol. The number of nitrogens with one attached hydrogen (secondary N) is 2. The van der Waals surface area contributed by atoms with Crippen LogP contribution in [0.25, 0.3) is 0 Å². The molecule has 0 fully saturated rings. The Hall–Kier alpha value is -2.11. The summed E-state index contributed by atoms with van der Waals surface area (Å²) in [5, 5.41) is 31.4. The summed E-state index contributed by atoms with van der Waals surface area (Å²) in [5.41, 5.74) is 0.784. The van der Waals surface area contributed by atoms with Crippen LogP contribution in [0.2, 0.25) is 0 Å². The maximum absolute atomic E-state index is 11.7. The van der Waals surface area contributed by atoms with Crippen LogP contribution in [0.1, 0.15) is 12.5 Å². The van der Waals surface area contributed by atoms with Crippen LogP contribution in [0.4, 0.5) is 10.5 Å². The molecule has 0 aromatic heterocycles. The number of halogens is 1. The molecular weight excluding hydrogens is 330 g/mol. The van der Waals surface area contributed by atoms with Crippen molar-refractivity contribution in [3.05, 3.63) is 28.2 Å². The smallest absolute Gasteiger partial charge is 0.328 e. The molecule has 0 aliphatic carbocycles. The standard InChI is InChI=1S/C12H12BrN3O4/c1-6(17)10(11(18)19)16-12(20)15-9-3-2-7(5-14)4-8(9)13/h2-4,6,10,17H,1H3,(H,18,19)(H2,15,16,20). The second-order valence-electron chi connectivity index (χ2n) is 3.96. The van der Waals surface area contributed by atoms with Gasteiger partial charge in [0, 0.05) is 4.47 Å². The van der Waals surface area contributed by atoms with Crippen LogP contribution < -0.4 is 10.6 Å². The molecule has 0 radical (unpaired) electrons. The van der Waals surface area contributed by atoms with E-state index in [1.807, 2.05) is 6.07 Å². The number of nitrogens with zero attached hydrogens (tertiary/aromatic N) is 1. The van der Waals surface area contributed by atoms with Gasteiger partial charge in [-0.2, -0.15) is 5.26 Å². The SMILES string of the molecule is CC(O)C(NC(=O)Nc1ccc(C#N)cc1Br)C(=O)O. The van der Waals surface area contributed by atoms with Crippen molar-refractivity contribution in [3.63, 3.8) is 0 Å². The lowest BCUT2D eigenvalue weighted by Gasteiger charge is -2.17. The average molecular weight is 342 g/mol. The summed E-state index contributed by atoms with van der Waals surface area (Å²) in [4.78, 5) is 22.5. The molecule has 0 bridgehead atoms. The number of carbonyl (C=O) groups is 2. The quantitative estimate of drug-likeness (QED) is 0.656. The van der Waals surface area contributed by atoms with E-state index in [-0.39, 0.29) is 0 Å². The van der Waals surface area contributed by atoms with Gasteiger partial charge in [0.15, 0.2) is 6.04 Å². The summed E-state index contributed by atoms with van der Waals surface area (Å²) < 4.78 is 0.482. The normalized spacial score (nSPS) is 12.9. The highest BCUT2D eigenvalue weighted by Crippen LogP contribution is 2.23. The van der Waals surface area contributed by atoms with Gasteiger partial charge in [-0.25, -0.2) is 9.59 Å². The molecule has 20 heavy (non-hydrogen) atoms. The molecule has 0 aliphatic rings. The second kappa shape index (κ2) is 6.88. The highest BCUT2D eigenvalue weighted by atomic mass is 79.9. The zero-order valence-electron chi connectivity index (χ0n) is 10.4. The number of nitriles is 1. The van der Waals surface area contributed by atoms with E-state index in [1.54, 1.807) is 0 Å². The Balaban J connectivity index is 2.76. The summed E-state index contributed by atoms with van der Waals surface area (Å²) in [6.45, 7) is 1.26. The number of carboxylic acid groups (broad SMARTS) is 1. The third kappa shape index (κ3) is 4.22. The Morgan fingerprint density at radius 3 is 2.55 bits per heavy atom. The Bertz CT molecular complexity index is 568. The van der Waals surface area contributed by atoms with E-state index in [9.17, 15) is 14.7 Å². The van der Waals surface area contributed by atoms with Crippen molar-refractivity contribution >= 4 is 33.6 Å². The number of anilines is 1. The van der Waals surface area contributed by atoms with E-state index in [4.69, 9.17) is 10.4 Å². The lowest BCUT2D eigenvalue weighted by molar-refractivity contribution is -0.141. The van der Waals surface area contributed by atoms with Crippen LogP contribution in [-0.4, -0.2) is 34.4 Å². The molecule has 0 heterocycles. The first-order valence-electron chi connectivity index (χ1n) is 5.53. The van der Waals surface area contributed by atoms with E-state index < -0.39 is 24.1 Å². The van der Waals surface area contributed by atoms with Gasteiger partial charge in [0.1, 0.15) is 0 Å². The number of aliphatic hydroxyl groups is 1. The van der Waals surface area contributed by atoms with E-state index in [2.05, 4.69) is 26.6 Å². The number of rotatable bonds is 4. The third-order valence-corrected chi connectivity index (χ3v) is 3.04. The average Bonchev–Trinajstić information content (AvgIpc) is 2.37. The topological polar surface area (TPSA) is 122 Å². The van der Waals surface area contributed by atoms with E-state index in [0.717, 1.165) is 0 Å². The van der Waals surface area contributed by atoms with Crippen LogP contribution in [0.15, 0.2) is 22.7 Å². The van der Waals surface area contributed by atoms with Crippen molar-refractivity contribution in [3.8, 4) is 6.07 Å². The van der Waals surface area contributed by atoms with Crippen LogP contribution in [0.5, 0.6) is 0 Å². The molecule has 2 atom stereocenters. The molecule has 7 nitrogen and oxygen atoms in total. The molecule has 1 aromatic rings. The molecule has 0 spiro atoms. The first kappa shape index (κ1) is 15.9. The van der Waals surface area contributed by atoms with Crippen molar-refractivity contribution < 1.29 is 19.8 Å². The fraction of sp³-hybridized carbons (Fsp3) is 0.250. The molecule has 4 N–H and O–H groups in total. The lowest BCUT2D eigenvalue weighted by atomic mass is 10.2. The minimum Gasteiger partial charge on any atom is -0.480 e. The van der Waals surface area contributed by atoms with Gasteiger partial charge < -0.3 is 20.8 Å². The molecule has 0 saturated heterocycles. The summed E-state index contributed by atoms with van der Waals surface area (Å²) in [5.74, 6) is -1.34. The van der Waals surface area contributed by atoms with Gasteiger partial charge in [-0.1, -0.05) is 0 Å². The summed E-state index contributed by atoms with van der Waals surface area (Å²) in [6.07, 6.45) is -1.23. The lowest BCUT2D eigenvalue weighted by Crippen LogP contribution is -2.49. The summed E-state index contributed by atoms with van der Waals surface area (Å²) in [6, 6.07) is 4.27. The number of aliphatic hydroxyl groups excluding tert-OH is 1. The van der Waals surface area contributed by atoms with E-state index >= 15 is 0 Å². The van der Waals surface area contributed by atoms with Crippen molar-refractivity contribution in [2.45, 2.75) is 19.1 Å². The maximum atomic E-state index is 11.7. The molecule has 0 aliphatic heterocycles. The maximum Gasteiger partial charge on any atom is 0.328 e. The number of benzene rings is 1. The Morgan fingerprint density at radius 2 is 2.10 bits per heavy atom. The largest absolute Gasteiger partial charge is 0.480 e. The first-order valence-corrected chi connectivity index (χ1v) is 6.32. The van der Waals surface area contributed by atoms with Crippen LogP contribution in [0.3, 0.4) is 0 Å². The highest BCUT2D eigenvalue weighted by molar-refractivity contribution is 9.10. The molecule has 1 rings (SSSR count). The molecule has 2 unspecified atom stereocenters. The van der Waals surface area contributed by atoms with Crippen LogP contribution >= 0.6 is 15.9 Å². The minimum absolute atomic E-state index is 0.372. The highest BCUT2D eigenvalue weighted by Gasteiger charge is 2.25. The van der Waals surface area contributed by atoms with Gasteiger partial charge in [0.2, 0.25) is 0 Å². The summed E-state index contributed by atoms with van der Waals surface area (Å²) in [7, 11) is 0. The number of urea groups is 1. The molecular formula is C12H12BrN3O4. The predicted molar refractivity (Wildman–Crippen MR) is 74.1 cm³/mol. The van der Waals surface area contributed by atoms with Gasteiger partial charge >= 0.3 is 12.0 Å². The van der Waals surface area contributed by atoms with Gasteiger partial charge in [-0.15, -0.1) is 0 Å². The van der Waals surface area contributed by atoms with E-state index in [0.29, 0.717) is 15.7 Å². The third-order valence-electron chi connectivity index (χ3n) is 2.38. The van der Waals surface area contributed by atoms with E-state index in [1.165, 1.54) is 25.1 Å². The molecule has 8 heteroatoms. The number of amides is 2. The zero-order chi connectivity index (χ0) is 15.3. The van der Waals surface area contributed by atoms with Crippen molar-refractivity contribution in [2.24, 2.45) is 0 Å².